The molecule has 0 aliphatic heterocycles. The Labute approximate surface area is 127 Å². The van der Waals surface area contributed by atoms with Gasteiger partial charge in [-0.1, -0.05) is 11.6 Å². The van der Waals surface area contributed by atoms with E-state index < -0.39 is 10.8 Å². The fourth-order valence-electron chi connectivity index (χ4n) is 1.48. The third-order valence-corrected chi connectivity index (χ3v) is 3.29. The van der Waals surface area contributed by atoms with E-state index in [4.69, 9.17) is 11.6 Å². The largest absolute Gasteiger partial charge is 0.322 e. The minimum Gasteiger partial charge on any atom is -0.322 e. The average Bonchev–Trinajstić information content (AvgIpc) is 2.38. The van der Waals surface area contributed by atoms with Crippen molar-refractivity contribution in [2.24, 2.45) is 0 Å². The zero-order chi connectivity index (χ0) is 14.7. The van der Waals surface area contributed by atoms with Crippen molar-refractivity contribution in [3.05, 3.63) is 61.8 Å². The molecule has 0 bridgehead atoms. The lowest BCUT2D eigenvalue weighted by Gasteiger charge is -2.07. The molecule has 0 fully saturated rings. The SMILES string of the molecule is O=C(Nc1ccnc(Cl)c1)c1cc([N+](=O)[O-])ccc1Br. The molecular weight excluding hydrogens is 350 g/mol. The molecule has 0 atom stereocenters. The van der Waals surface area contributed by atoms with Crippen molar-refractivity contribution in [3.8, 4) is 0 Å². The van der Waals surface area contributed by atoms with E-state index in [0.29, 0.717) is 10.2 Å². The molecule has 1 aromatic carbocycles. The van der Waals surface area contributed by atoms with Crippen LogP contribution in [0.4, 0.5) is 11.4 Å². The molecule has 6 nitrogen and oxygen atoms in total. The molecule has 0 aliphatic carbocycles. The number of nitro benzene ring substituents is 1. The summed E-state index contributed by atoms with van der Waals surface area (Å²) in [5.41, 5.74) is 0.451. The van der Waals surface area contributed by atoms with Gasteiger partial charge in [-0.3, -0.25) is 14.9 Å². The summed E-state index contributed by atoms with van der Waals surface area (Å²) in [7, 11) is 0. The average molecular weight is 357 g/mol. The molecule has 1 N–H and O–H groups in total. The number of nitrogens with zero attached hydrogens (tertiary/aromatic N) is 2. The molecule has 1 amide bonds. The highest BCUT2D eigenvalue weighted by molar-refractivity contribution is 9.10. The number of non-ortho nitro benzene ring substituents is 1. The van der Waals surface area contributed by atoms with Gasteiger partial charge in [-0.25, -0.2) is 4.98 Å². The van der Waals surface area contributed by atoms with E-state index in [2.05, 4.69) is 26.2 Å². The van der Waals surface area contributed by atoms with E-state index >= 15 is 0 Å². The Hall–Kier alpha value is -1.99. The second-order valence-electron chi connectivity index (χ2n) is 3.74. The Kier molecular flexibility index (Phi) is 4.31. The van der Waals surface area contributed by atoms with Gasteiger partial charge in [0.2, 0.25) is 0 Å². The van der Waals surface area contributed by atoms with Crippen LogP contribution in [-0.2, 0) is 0 Å². The van der Waals surface area contributed by atoms with Crippen molar-refractivity contribution < 1.29 is 9.72 Å². The number of hydrogen-bond donors (Lipinski definition) is 1. The number of halogens is 2. The van der Waals surface area contributed by atoms with Crippen molar-refractivity contribution in [2.75, 3.05) is 5.32 Å². The Bertz CT molecular complexity index is 693. The zero-order valence-corrected chi connectivity index (χ0v) is 12.2. The molecule has 8 heteroatoms. The summed E-state index contributed by atoms with van der Waals surface area (Å²) in [4.78, 5) is 26.0. The Morgan fingerprint density at radius 3 is 2.75 bits per heavy atom. The van der Waals surface area contributed by atoms with Gasteiger partial charge in [0.25, 0.3) is 11.6 Å². The van der Waals surface area contributed by atoms with Crippen LogP contribution < -0.4 is 5.32 Å². The van der Waals surface area contributed by atoms with Crippen molar-refractivity contribution in [1.29, 1.82) is 0 Å². The Morgan fingerprint density at radius 2 is 2.10 bits per heavy atom. The first kappa shape index (κ1) is 14.4. The second-order valence-corrected chi connectivity index (χ2v) is 4.98. The fourth-order valence-corrected chi connectivity index (χ4v) is 2.08. The minimum atomic E-state index is -0.563. The van der Waals surface area contributed by atoms with Crippen LogP contribution in [-0.4, -0.2) is 15.8 Å². The number of benzene rings is 1. The van der Waals surface area contributed by atoms with Crippen LogP contribution in [0.15, 0.2) is 41.0 Å². The van der Waals surface area contributed by atoms with Crippen LogP contribution in [0, 0.1) is 10.1 Å². The summed E-state index contributed by atoms with van der Waals surface area (Å²) < 4.78 is 0.459. The second kappa shape index (κ2) is 5.98. The number of nitro groups is 1. The molecule has 0 aliphatic rings. The monoisotopic (exact) mass is 355 g/mol. The summed E-state index contributed by atoms with van der Waals surface area (Å²) >= 11 is 8.90. The van der Waals surface area contributed by atoms with Gasteiger partial charge in [-0.15, -0.1) is 0 Å². The maximum Gasteiger partial charge on any atom is 0.270 e. The lowest BCUT2D eigenvalue weighted by Crippen LogP contribution is -2.13. The third-order valence-electron chi connectivity index (χ3n) is 2.39. The van der Waals surface area contributed by atoms with E-state index in [0.717, 1.165) is 0 Å². The molecule has 0 saturated heterocycles. The van der Waals surface area contributed by atoms with Gasteiger partial charge in [0.1, 0.15) is 5.15 Å². The van der Waals surface area contributed by atoms with Crippen molar-refractivity contribution >= 4 is 44.8 Å². The van der Waals surface area contributed by atoms with Gasteiger partial charge in [0.05, 0.1) is 10.5 Å². The number of carbonyl (C=O) groups excluding carboxylic acids is 1. The summed E-state index contributed by atoms with van der Waals surface area (Å²) in [6, 6.07) is 7.00. The van der Waals surface area contributed by atoms with Gasteiger partial charge in [0, 0.05) is 28.5 Å². The first-order chi connectivity index (χ1) is 9.47. The van der Waals surface area contributed by atoms with Gasteiger partial charge in [-0.05, 0) is 34.1 Å². The summed E-state index contributed by atoms with van der Waals surface area (Å²) in [5.74, 6) is -0.483. The highest BCUT2D eigenvalue weighted by Gasteiger charge is 2.15. The van der Waals surface area contributed by atoms with Crippen molar-refractivity contribution in [1.82, 2.24) is 4.98 Å². The number of pyridine rings is 1. The first-order valence-electron chi connectivity index (χ1n) is 5.34. The van der Waals surface area contributed by atoms with Crippen LogP contribution in [0.2, 0.25) is 5.15 Å². The van der Waals surface area contributed by atoms with Crippen LogP contribution in [0.1, 0.15) is 10.4 Å². The van der Waals surface area contributed by atoms with Gasteiger partial charge in [-0.2, -0.15) is 0 Å². The van der Waals surface area contributed by atoms with E-state index in [1.54, 1.807) is 6.07 Å². The third kappa shape index (κ3) is 3.31. The molecule has 20 heavy (non-hydrogen) atoms. The standard InChI is InChI=1S/C12H7BrClN3O3/c13-10-2-1-8(17(19)20)6-9(10)12(18)16-7-3-4-15-11(14)5-7/h1-6H,(H,15,16,18). The van der Waals surface area contributed by atoms with Crippen molar-refractivity contribution in [3.63, 3.8) is 0 Å². The Balaban J connectivity index is 2.29. The summed E-state index contributed by atoms with van der Waals surface area (Å²) in [5, 5.41) is 13.5. The number of anilines is 1. The number of amides is 1. The van der Waals surface area contributed by atoms with Crippen LogP contribution >= 0.6 is 27.5 Å². The number of nitrogens with one attached hydrogen (secondary N) is 1. The first-order valence-corrected chi connectivity index (χ1v) is 6.51. The van der Waals surface area contributed by atoms with Gasteiger partial charge in [0.15, 0.2) is 0 Å². The lowest BCUT2D eigenvalue weighted by atomic mass is 10.2. The number of hydrogen-bond acceptors (Lipinski definition) is 4. The lowest BCUT2D eigenvalue weighted by molar-refractivity contribution is -0.384. The molecule has 1 heterocycles. The van der Waals surface area contributed by atoms with Crippen LogP contribution in [0.5, 0.6) is 0 Å². The highest BCUT2D eigenvalue weighted by atomic mass is 79.9. The molecule has 0 radical (unpaired) electrons. The molecule has 0 saturated carbocycles. The molecule has 2 rings (SSSR count). The predicted molar refractivity (Wildman–Crippen MR) is 78.0 cm³/mol. The normalized spacial score (nSPS) is 10.1. The molecule has 0 unspecified atom stereocenters. The molecule has 102 valence electrons. The summed E-state index contributed by atoms with van der Waals surface area (Å²) in [6.07, 6.45) is 1.44. The highest BCUT2D eigenvalue weighted by Crippen LogP contribution is 2.23. The molecule has 2 aromatic rings. The van der Waals surface area contributed by atoms with Crippen molar-refractivity contribution in [2.45, 2.75) is 0 Å². The topological polar surface area (TPSA) is 85.1 Å². The summed E-state index contributed by atoms with van der Waals surface area (Å²) in [6.45, 7) is 0. The zero-order valence-electron chi connectivity index (χ0n) is 9.84. The predicted octanol–water partition coefficient (Wildman–Crippen LogP) is 3.66. The number of aromatic nitrogens is 1. The van der Waals surface area contributed by atoms with Gasteiger partial charge >= 0.3 is 0 Å². The van der Waals surface area contributed by atoms with E-state index in [1.807, 2.05) is 0 Å². The van der Waals surface area contributed by atoms with Crippen LogP contribution in [0.25, 0.3) is 0 Å². The molecule has 1 aromatic heterocycles. The smallest absolute Gasteiger partial charge is 0.270 e. The van der Waals surface area contributed by atoms with E-state index in [1.165, 1.54) is 30.5 Å². The van der Waals surface area contributed by atoms with Crippen LogP contribution in [0.3, 0.4) is 0 Å². The number of rotatable bonds is 3. The maximum atomic E-state index is 12.1. The molecule has 0 spiro atoms. The molecular formula is C12H7BrClN3O3. The van der Waals surface area contributed by atoms with E-state index in [-0.39, 0.29) is 16.4 Å². The number of carbonyl (C=O) groups is 1. The Morgan fingerprint density at radius 1 is 1.35 bits per heavy atom. The minimum absolute atomic E-state index is 0.159. The fraction of sp³-hybridized carbons (Fsp3) is 0. The maximum absolute atomic E-state index is 12.1. The van der Waals surface area contributed by atoms with E-state index in [9.17, 15) is 14.9 Å². The quantitative estimate of drug-likeness (QED) is 0.516. The van der Waals surface area contributed by atoms with Gasteiger partial charge < -0.3 is 5.32 Å².